The molecule has 0 saturated heterocycles. The Bertz CT molecular complexity index is 1050. The van der Waals surface area contributed by atoms with Crippen molar-refractivity contribution in [1.82, 2.24) is 4.98 Å². The molecule has 0 radical (unpaired) electrons. The number of carbonyl (C=O) groups is 2. The number of nitrogens with one attached hydrogen (secondary N) is 1. The van der Waals surface area contributed by atoms with Gasteiger partial charge in [0.25, 0.3) is 0 Å². The van der Waals surface area contributed by atoms with Crippen LogP contribution in [0.4, 0.5) is 21.9 Å². The van der Waals surface area contributed by atoms with E-state index in [1.165, 1.54) is 6.07 Å². The molecule has 3 N–H and O–H groups in total. The number of amides is 2. The molecule has 1 unspecified atom stereocenters. The monoisotopic (exact) mass is 421 g/mol. The molecule has 2 amide bonds. The number of ether oxygens (including phenoxy) is 1. The zero-order valence-corrected chi connectivity index (χ0v) is 18.2. The normalized spacial score (nSPS) is 14.2. The molecule has 1 aromatic heterocycles. The molecule has 3 rings (SSSR count). The van der Waals surface area contributed by atoms with E-state index < -0.39 is 17.6 Å². The van der Waals surface area contributed by atoms with Gasteiger partial charge in [0, 0.05) is 6.54 Å². The summed E-state index contributed by atoms with van der Waals surface area (Å²) in [5.41, 5.74) is 8.64. The maximum Gasteiger partial charge on any atom is 0.414 e. The lowest BCUT2D eigenvalue weighted by molar-refractivity contribution is -0.117. The summed E-state index contributed by atoms with van der Waals surface area (Å²) >= 11 is 0. The maximum absolute atomic E-state index is 12.8. The number of aromatic nitrogens is 1. The SMILES string of the molecule is CC(C(=O)Nc1ccc(C#N)cc1N)c1ccc2c(n1)CCCN2C(=O)OC(C)(C)C. The van der Waals surface area contributed by atoms with Crippen molar-refractivity contribution in [3.8, 4) is 6.07 Å². The van der Waals surface area contributed by atoms with Gasteiger partial charge < -0.3 is 15.8 Å². The van der Waals surface area contributed by atoms with Crippen molar-refractivity contribution in [3.05, 3.63) is 47.3 Å². The van der Waals surface area contributed by atoms with Gasteiger partial charge in [-0.15, -0.1) is 0 Å². The average Bonchev–Trinajstić information content (AvgIpc) is 2.72. The van der Waals surface area contributed by atoms with Crippen molar-refractivity contribution in [3.63, 3.8) is 0 Å². The van der Waals surface area contributed by atoms with Crippen LogP contribution in [0, 0.1) is 11.3 Å². The highest BCUT2D eigenvalue weighted by Gasteiger charge is 2.29. The molecule has 1 aromatic carbocycles. The molecule has 2 aromatic rings. The van der Waals surface area contributed by atoms with Crippen molar-refractivity contribution in [2.24, 2.45) is 0 Å². The number of hydrogen-bond acceptors (Lipinski definition) is 6. The summed E-state index contributed by atoms with van der Waals surface area (Å²) < 4.78 is 5.51. The molecule has 0 fully saturated rings. The molecule has 1 atom stereocenters. The van der Waals surface area contributed by atoms with Crippen LogP contribution in [-0.2, 0) is 16.0 Å². The zero-order valence-electron chi connectivity index (χ0n) is 18.2. The third kappa shape index (κ3) is 5.12. The Morgan fingerprint density at radius 2 is 2.03 bits per heavy atom. The van der Waals surface area contributed by atoms with Gasteiger partial charge in [0.2, 0.25) is 5.91 Å². The van der Waals surface area contributed by atoms with E-state index in [9.17, 15) is 9.59 Å². The van der Waals surface area contributed by atoms with Crippen molar-refractivity contribution < 1.29 is 14.3 Å². The largest absolute Gasteiger partial charge is 0.443 e. The van der Waals surface area contributed by atoms with Gasteiger partial charge in [0.05, 0.1) is 46.0 Å². The van der Waals surface area contributed by atoms with Gasteiger partial charge in [-0.05, 0) is 70.9 Å². The molecular formula is C23H27N5O3. The Morgan fingerprint density at radius 1 is 1.29 bits per heavy atom. The van der Waals surface area contributed by atoms with Crippen LogP contribution >= 0.6 is 0 Å². The Morgan fingerprint density at radius 3 is 2.68 bits per heavy atom. The smallest absolute Gasteiger partial charge is 0.414 e. The summed E-state index contributed by atoms with van der Waals surface area (Å²) in [7, 11) is 0. The fraction of sp³-hybridized carbons (Fsp3) is 0.391. The second-order valence-electron chi connectivity index (χ2n) is 8.56. The van der Waals surface area contributed by atoms with E-state index in [0.29, 0.717) is 34.9 Å². The number of nitrogens with zero attached hydrogens (tertiary/aromatic N) is 3. The predicted octanol–water partition coefficient (Wildman–Crippen LogP) is 3.97. The van der Waals surface area contributed by atoms with E-state index in [2.05, 4.69) is 10.3 Å². The van der Waals surface area contributed by atoms with Crippen LogP contribution in [0.2, 0.25) is 0 Å². The summed E-state index contributed by atoms with van der Waals surface area (Å²) in [4.78, 5) is 31.6. The van der Waals surface area contributed by atoms with Crippen molar-refractivity contribution in [2.75, 3.05) is 22.5 Å². The number of carbonyl (C=O) groups excluding carboxylic acids is 2. The van der Waals surface area contributed by atoms with Crippen LogP contribution in [0.5, 0.6) is 0 Å². The second kappa shape index (κ2) is 8.64. The molecule has 8 heteroatoms. The highest BCUT2D eigenvalue weighted by Crippen LogP contribution is 2.30. The van der Waals surface area contributed by atoms with E-state index in [1.54, 1.807) is 30.0 Å². The summed E-state index contributed by atoms with van der Waals surface area (Å²) in [5, 5.41) is 11.7. The van der Waals surface area contributed by atoms with Crippen molar-refractivity contribution >= 4 is 29.1 Å². The van der Waals surface area contributed by atoms with Crippen LogP contribution in [-0.4, -0.2) is 29.1 Å². The molecular weight excluding hydrogens is 394 g/mol. The Balaban J connectivity index is 1.77. The first kappa shape index (κ1) is 22.1. The number of anilines is 3. The fourth-order valence-electron chi connectivity index (χ4n) is 3.33. The standard InChI is InChI=1S/C23H27N5O3/c1-14(21(29)27-18-8-7-15(13-24)12-16(18)25)17-9-10-20-19(26-17)6-5-11-28(20)22(30)31-23(2,3)4/h7-10,12,14H,5-6,11,25H2,1-4H3,(H,27,29). The number of benzene rings is 1. The van der Waals surface area contributed by atoms with E-state index in [4.69, 9.17) is 15.7 Å². The van der Waals surface area contributed by atoms with Gasteiger partial charge in [-0.1, -0.05) is 0 Å². The van der Waals surface area contributed by atoms with E-state index in [-0.39, 0.29) is 5.91 Å². The molecule has 1 aliphatic rings. The number of nitriles is 1. The number of rotatable bonds is 3. The quantitative estimate of drug-likeness (QED) is 0.723. The van der Waals surface area contributed by atoms with Gasteiger partial charge in [-0.25, -0.2) is 4.79 Å². The zero-order chi connectivity index (χ0) is 22.8. The van der Waals surface area contributed by atoms with Gasteiger partial charge in [0.15, 0.2) is 0 Å². The van der Waals surface area contributed by atoms with Crippen LogP contribution in [0.3, 0.4) is 0 Å². The topological polar surface area (TPSA) is 121 Å². The summed E-state index contributed by atoms with van der Waals surface area (Å²) in [6.07, 6.45) is 1.09. The molecule has 8 nitrogen and oxygen atoms in total. The van der Waals surface area contributed by atoms with Gasteiger partial charge >= 0.3 is 6.09 Å². The molecule has 0 saturated carbocycles. The van der Waals surface area contributed by atoms with Gasteiger partial charge in [0.1, 0.15) is 5.60 Å². The maximum atomic E-state index is 12.8. The summed E-state index contributed by atoms with van der Waals surface area (Å²) in [6.45, 7) is 7.82. The van der Waals surface area contributed by atoms with Crippen molar-refractivity contribution in [2.45, 2.75) is 52.1 Å². The number of pyridine rings is 1. The molecule has 0 aliphatic carbocycles. The first-order chi connectivity index (χ1) is 14.6. The highest BCUT2D eigenvalue weighted by molar-refractivity contribution is 5.98. The lowest BCUT2D eigenvalue weighted by Crippen LogP contribution is -2.40. The third-order valence-electron chi connectivity index (χ3n) is 4.95. The van der Waals surface area contributed by atoms with Crippen LogP contribution in [0.25, 0.3) is 0 Å². The minimum absolute atomic E-state index is 0.260. The molecule has 162 valence electrons. The second-order valence-corrected chi connectivity index (χ2v) is 8.56. The lowest BCUT2D eigenvalue weighted by atomic mass is 10.0. The molecule has 2 heterocycles. The predicted molar refractivity (Wildman–Crippen MR) is 119 cm³/mol. The number of nitrogen functional groups attached to an aromatic ring is 1. The number of aryl methyl sites for hydroxylation is 1. The number of nitrogens with two attached hydrogens (primary N) is 1. The molecule has 1 aliphatic heterocycles. The van der Waals surface area contributed by atoms with Crippen LogP contribution in [0.1, 0.15) is 57.0 Å². The third-order valence-corrected chi connectivity index (χ3v) is 4.95. The summed E-state index contributed by atoms with van der Waals surface area (Å²) in [5.74, 6) is -0.791. The minimum Gasteiger partial charge on any atom is -0.443 e. The average molecular weight is 422 g/mol. The molecule has 0 bridgehead atoms. The van der Waals surface area contributed by atoms with E-state index in [0.717, 1.165) is 18.5 Å². The van der Waals surface area contributed by atoms with Crippen LogP contribution in [0.15, 0.2) is 30.3 Å². The molecule has 0 spiro atoms. The van der Waals surface area contributed by atoms with Crippen LogP contribution < -0.4 is 16.0 Å². The Kier molecular flexibility index (Phi) is 6.16. The lowest BCUT2D eigenvalue weighted by Gasteiger charge is -2.31. The summed E-state index contributed by atoms with van der Waals surface area (Å²) in [6, 6.07) is 10.3. The van der Waals surface area contributed by atoms with Gasteiger partial charge in [-0.2, -0.15) is 5.26 Å². The highest BCUT2D eigenvalue weighted by atomic mass is 16.6. The number of hydrogen-bond donors (Lipinski definition) is 2. The van der Waals surface area contributed by atoms with Gasteiger partial charge in [-0.3, -0.25) is 14.7 Å². The van der Waals surface area contributed by atoms with Crippen molar-refractivity contribution in [1.29, 1.82) is 5.26 Å². The van der Waals surface area contributed by atoms with E-state index >= 15 is 0 Å². The first-order valence-electron chi connectivity index (χ1n) is 10.2. The minimum atomic E-state index is -0.581. The molecule has 31 heavy (non-hydrogen) atoms. The Labute approximate surface area is 182 Å². The van der Waals surface area contributed by atoms with E-state index in [1.807, 2.05) is 32.9 Å². The number of fused-ring (bicyclic) bond motifs is 1. The first-order valence-corrected chi connectivity index (χ1v) is 10.2. The Hall–Kier alpha value is -3.60. The fourth-order valence-corrected chi connectivity index (χ4v) is 3.33.